The summed E-state index contributed by atoms with van der Waals surface area (Å²) in [5.74, 6) is 0. The molecule has 44 valence electrons. The van der Waals surface area contributed by atoms with Gasteiger partial charge in [0.15, 0.2) is 0 Å². The molecule has 0 spiro atoms. The summed E-state index contributed by atoms with van der Waals surface area (Å²) in [5.41, 5.74) is 0. The average Bonchev–Trinajstić information content (AvgIpc) is 0.811. The monoisotopic (exact) mass is 178 g/mol. The van der Waals surface area contributed by atoms with Gasteiger partial charge in [0, 0.05) is 6.10 Å². The van der Waals surface area contributed by atoms with Gasteiger partial charge >= 0.3 is 21.7 Å². The molecule has 4 heteroatoms. The third kappa shape index (κ3) is 127. The number of halogens is 2. The van der Waals surface area contributed by atoms with E-state index in [2.05, 4.69) is 0 Å². The van der Waals surface area contributed by atoms with Gasteiger partial charge in [0.25, 0.3) is 0 Å². The van der Waals surface area contributed by atoms with Crippen molar-refractivity contribution in [2.24, 2.45) is 0 Å². The maximum absolute atomic E-state index is 8.06. The molecule has 0 fully saturated rings. The van der Waals surface area contributed by atoms with Crippen LogP contribution >= 0.6 is 0 Å². The van der Waals surface area contributed by atoms with Crippen molar-refractivity contribution >= 4 is 0 Å². The Morgan fingerprint density at radius 2 is 1.14 bits per heavy atom. The van der Waals surface area contributed by atoms with Crippen LogP contribution in [0.3, 0.4) is 0 Å². The van der Waals surface area contributed by atoms with Crippen LogP contribution < -0.4 is 24.8 Å². The molecular weight excluding hydrogens is 171 g/mol. The van der Waals surface area contributed by atoms with Crippen LogP contribution in [0.1, 0.15) is 13.8 Å². The molecule has 0 aromatic heterocycles. The van der Waals surface area contributed by atoms with Gasteiger partial charge in [-0.05, 0) is 13.8 Å². The summed E-state index contributed by atoms with van der Waals surface area (Å²) in [7, 11) is 0. The molecular formula is C3H8Cl2OTi. The summed E-state index contributed by atoms with van der Waals surface area (Å²) in [6, 6.07) is 0. The Bertz CT molecular complexity index is 17.7. The van der Waals surface area contributed by atoms with Gasteiger partial charge in [-0.15, -0.1) is 0 Å². The van der Waals surface area contributed by atoms with Gasteiger partial charge in [-0.25, -0.2) is 0 Å². The number of aliphatic hydroxyl groups excluding tert-OH is 1. The van der Waals surface area contributed by atoms with E-state index in [1.165, 1.54) is 0 Å². The summed E-state index contributed by atoms with van der Waals surface area (Å²) in [5, 5.41) is 8.06. The third-order valence-electron chi connectivity index (χ3n) is 0. The number of hydrogen-bond acceptors (Lipinski definition) is 1. The maximum atomic E-state index is 8.06. The fourth-order valence-corrected chi connectivity index (χ4v) is 0. The topological polar surface area (TPSA) is 20.2 Å². The third-order valence-corrected chi connectivity index (χ3v) is 0. The zero-order chi connectivity index (χ0) is 3.58. The predicted molar refractivity (Wildman–Crippen MR) is 17.4 cm³/mol. The van der Waals surface area contributed by atoms with Gasteiger partial charge in [-0.3, -0.25) is 0 Å². The molecule has 0 unspecified atom stereocenters. The summed E-state index contributed by atoms with van der Waals surface area (Å²) in [6.45, 7) is 3.44. The van der Waals surface area contributed by atoms with E-state index in [0.717, 1.165) is 0 Å². The van der Waals surface area contributed by atoms with Gasteiger partial charge in [-0.1, -0.05) is 0 Å². The largest absolute Gasteiger partial charge is 2.00 e. The summed E-state index contributed by atoms with van der Waals surface area (Å²) in [6.07, 6.45) is -0.167. The van der Waals surface area contributed by atoms with E-state index in [1.54, 1.807) is 13.8 Å². The van der Waals surface area contributed by atoms with Crippen molar-refractivity contribution in [2.45, 2.75) is 20.0 Å². The molecule has 0 saturated heterocycles. The molecule has 0 aliphatic heterocycles. The van der Waals surface area contributed by atoms with Gasteiger partial charge < -0.3 is 29.9 Å². The van der Waals surface area contributed by atoms with E-state index in [0.29, 0.717) is 0 Å². The molecule has 1 N–H and O–H groups in total. The van der Waals surface area contributed by atoms with Crippen LogP contribution in [-0.2, 0) is 21.7 Å². The smallest absolute Gasteiger partial charge is 1.00 e. The maximum Gasteiger partial charge on any atom is 2.00 e. The van der Waals surface area contributed by atoms with Crippen LogP contribution in [0, 0.1) is 0 Å². The minimum Gasteiger partial charge on any atom is -1.00 e. The molecule has 0 rings (SSSR count). The Hall–Kier alpha value is 1.25. The first-order valence-corrected chi connectivity index (χ1v) is 1.41. The van der Waals surface area contributed by atoms with Crippen molar-refractivity contribution in [2.75, 3.05) is 0 Å². The summed E-state index contributed by atoms with van der Waals surface area (Å²) in [4.78, 5) is 0. The number of rotatable bonds is 0. The van der Waals surface area contributed by atoms with Crippen molar-refractivity contribution < 1.29 is 51.6 Å². The number of hydrogen-bond donors (Lipinski definition) is 1. The second-order valence-corrected chi connectivity index (χ2v) is 1.09. The van der Waals surface area contributed by atoms with Crippen LogP contribution in [0.15, 0.2) is 0 Å². The zero-order valence-electron chi connectivity index (χ0n) is 4.28. The molecule has 0 atom stereocenters. The molecule has 0 bridgehead atoms. The molecule has 0 saturated carbocycles. The van der Waals surface area contributed by atoms with Crippen LogP contribution in [0.4, 0.5) is 0 Å². The van der Waals surface area contributed by atoms with Crippen molar-refractivity contribution in [3.05, 3.63) is 0 Å². The van der Waals surface area contributed by atoms with Gasteiger partial charge in [0.1, 0.15) is 0 Å². The zero-order valence-corrected chi connectivity index (χ0v) is 7.35. The second kappa shape index (κ2) is 15.7. The van der Waals surface area contributed by atoms with Gasteiger partial charge in [0.05, 0.1) is 0 Å². The average molecular weight is 179 g/mol. The molecule has 0 aliphatic carbocycles. The Balaban J connectivity index is -0.0000000150. The summed E-state index contributed by atoms with van der Waals surface area (Å²) >= 11 is 0. The van der Waals surface area contributed by atoms with Crippen molar-refractivity contribution in [3.8, 4) is 0 Å². The molecule has 0 amide bonds. The first kappa shape index (κ1) is 24.0. The normalized spacial score (nSPS) is 5.14. The Labute approximate surface area is 71.6 Å². The fourth-order valence-electron chi connectivity index (χ4n) is 0. The molecule has 0 aliphatic rings. The van der Waals surface area contributed by atoms with Crippen LogP contribution in [-0.4, -0.2) is 11.2 Å². The summed E-state index contributed by atoms with van der Waals surface area (Å²) < 4.78 is 0. The van der Waals surface area contributed by atoms with E-state index in [9.17, 15) is 0 Å². The van der Waals surface area contributed by atoms with E-state index in [-0.39, 0.29) is 52.6 Å². The standard InChI is InChI=1S/C3H8O.2ClH.Ti/c1-3(2)4;;;/h3-4H,1-2H3;2*1H;/q;;;+2/p-2. The van der Waals surface area contributed by atoms with E-state index < -0.39 is 0 Å². The van der Waals surface area contributed by atoms with E-state index in [4.69, 9.17) is 5.11 Å². The van der Waals surface area contributed by atoms with Crippen molar-refractivity contribution in [3.63, 3.8) is 0 Å². The molecule has 0 radical (unpaired) electrons. The van der Waals surface area contributed by atoms with Crippen LogP contribution in [0.2, 0.25) is 0 Å². The van der Waals surface area contributed by atoms with Crippen LogP contribution in [0.25, 0.3) is 0 Å². The van der Waals surface area contributed by atoms with E-state index in [1.807, 2.05) is 0 Å². The molecule has 0 aromatic rings. The Morgan fingerprint density at radius 1 is 1.14 bits per heavy atom. The molecule has 7 heavy (non-hydrogen) atoms. The SMILES string of the molecule is CC(C)O.[Cl-].[Cl-].[Ti+2]. The molecule has 1 nitrogen and oxygen atoms in total. The van der Waals surface area contributed by atoms with Gasteiger partial charge in [0.2, 0.25) is 0 Å². The first-order chi connectivity index (χ1) is 1.73. The molecule has 0 aromatic carbocycles. The van der Waals surface area contributed by atoms with Gasteiger partial charge in [-0.2, -0.15) is 0 Å². The Kier molecular flexibility index (Phi) is 53.8. The predicted octanol–water partition coefficient (Wildman–Crippen LogP) is -5.61. The first-order valence-electron chi connectivity index (χ1n) is 1.41. The van der Waals surface area contributed by atoms with Crippen molar-refractivity contribution in [1.29, 1.82) is 0 Å². The second-order valence-electron chi connectivity index (χ2n) is 1.09. The number of aliphatic hydroxyl groups is 1. The van der Waals surface area contributed by atoms with E-state index >= 15 is 0 Å². The quantitative estimate of drug-likeness (QED) is 0.367. The Morgan fingerprint density at radius 3 is 1.14 bits per heavy atom. The van der Waals surface area contributed by atoms with Crippen molar-refractivity contribution in [1.82, 2.24) is 0 Å². The fraction of sp³-hybridized carbons (Fsp3) is 1.00. The molecule has 0 heterocycles. The van der Waals surface area contributed by atoms with Crippen LogP contribution in [0.5, 0.6) is 0 Å². The minimum absolute atomic E-state index is 0. The minimum atomic E-state index is -0.167.